The predicted octanol–water partition coefficient (Wildman–Crippen LogP) is 2.41. The monoisotopic (exact) mass is 252 g/mol. The Morgan fingerprint density at radius 3 is 2.68 bits per heavy atom. The lowest BCUT2D eigenvalue weighted by atomic mass is 10.2. The first-order valence-electron chi connectivity index (χ1n) is 5.84. The minimum atomic E-state index is -0.450. The number of nitrogens with one attached hydrogen (secondary N) is 2. The molecule has 0 unspecified atom stereocenters. The van der Waals surface area contributed by atoms with Crippen LogP contribution in [0.3, 0.4) is 0 Å². The van der Waals surface area contributed by atoms with Gasteiger partial charge in [0.05, 0.1) is 11.0 Å². The average Bonchev–Trinajstić information content (AvgIpc) is 2.80. The molecule has 1 amide bonds. The van der Waals surface area contributed by atoms with Crippen LogP contribution < -0.4 is 11.1 Å². The highest BCUT2D eigenvalue weighted by molar-refractivity contribution is 5.96. The van der Waals surface area contributed by atoms with Gasteiger partial charge in [-0.1, -0.05) is 18.2 Å². The van der Waals surface area contributed by atoms with E-state index >= 15 is 0 Å². The van der Waals surface area contributed by atoms with E-state index in [9.17, 15) is 4.79 Å². The van der Waals surface area contributed by atoms with Crippen LogP contribution in [0.1, 0.15) is 10.4 Å². The number of hydrogen-bond donors (Lipinski definition) is 3. The summed E-state index contributed by atoms with van der Waals surface area (Å²) in [6, 6.07) is 14.8. The summed E-state index contributed by atoms with van der Waals surface area (Å²) in [5.74, 6) is 0.178. The van der Waals surface area contributed by atoms with Gasteiger partial charge in [-0.3, -0.25) is 4.79 Å². The van der Waals surface area contributed by atoms with Crippen molar-refractivity contribution in [3.8, 4) is 0 Å². The van der Waals surface area contributed by atoms with E-state index in [4.69, 9.17) is 5.73 Å². The fourth-order valence-electron chi connectivity index (χ4n) is 1.88. The van der Waals surface area contributed by atoms with Gasteiger partial charge in [-0.25, -0.2) is 4.98 Å². The number of carbonyl (C=O) groups excluding carboxylic acids is 1. The molecule has 0 saturated heterocycles. The van der Waals surface area contributed by atoms with Crippen molar-refractivity contribution in [2.75, 3.05) is 5.32 Å². The standard InChI is InChI=1S/C14H12N4O/c15-13(19)9-6-7-11-12(8-9)18-14(17-11)16-10-4-2-1-3-5-10/h1-8H,(H2,15,19)(H2,16,17,18). The highest BCUT2D eigenvalue weighted by Gasteiger charge is 2.06. The number of fused-ring (bicyclic) bond motifs is 1. The number of anilines is 2. The molecule has 4 N–H and O–H groups in total. The summed E-state index contributed by atoms with van der Waals surface area (Å²) in [6.45, 7) is 0. The molecule has 5 heteroatoms. The molecule has 3 rings (SSSR count). The fourth-order valence-corrected chi connectivity index (χ4v) is 1.88. The van der Waals surface area contributed by atoms with Crippen molar-refractivity contribution in [2.45, 2.75) is 0 Å². The van der Waals surface area contributed by atoms with E-state index in [1.165, 1.54) is 0 Å². The summed E-state index contributed by atoms with van der Waals surface area (Å²) >= 11 is 0. The quantitative estimate of drug-likeness (QED) is 0.669. The third-order valence-electron chi connectivity index (χ3n) is 2.80. The third kappa shape index (κ3) is 2.26. The van der Waals surface area contributed by atoms with Crippen molar-refractivity contribution in [3.05, 3.63) is 54.1 Å². The molecular weight excluding hydrogens is 240 g/mol. The highest BCUT2D eigenvalue weighted by atomic mass is 16.1. The molecule has 0 spiro atoms. The normalized spacial score (nSPS) is 10.5. The molecule has 0 saturated carbocycles. The highest BCUT2D eigenvalue weighted by Crippen LogP contribution is 2.19. The minimum absolute atomic E-state index is 0.450. The van der Waals surface area contributed by atoms with Crippen molar-refractivity contribution in [2.24, 2.45) is 5.73 Å². The maximum atomic E-state index is 11.1. The van der Waals surface area contributed by atoms with E-state index in [1.807, 2.05) is 30.3 Å². The van der Waals surface area contributed by atoms with Gasteiger partial charge >= 0.3 is 0 Å². The van der Waals surface area contributed by atoms with Crippen molar-refractivity contribution in [1.82, 2.24) is 9.97 Å². The SMILES string of the molecule is NC(=O)c1ccc2nc(Nc3ccccc3)[nH]c2c1. The molecule has 0 fully saturated rings. The molecule has 19 heavy (non-hydrogen) atoms. The summed E-state index contributed by atoms with van der Waals surface area (Å²) < 4.78 is 0. The molecule has 0 bridgehead atoms. The first-order chi connectivity index (χ1) is 9.22. The number of nitrogens with two attached hydrogens (primary N) is 1. The Hall–Kier alpha value is -2.82. The molecule has 0 aliphatic heterocycles. The van der Waals surface area contributed by atoms with Gasteiger partial charge in [0, 0.05) is 11.3 Å². The number of para-hydroxylation sites is 1. The molecule has 0 atom stereocenters. The molecule has 2 aromatic carbocycles. The van der Waals surface area contributed by atoms with E-state index in [0.717, 1.165) is 16.7 Å². The second-order valence-electron chi connectivity index (χ2n) is 4.17. The predicted molar refractivity (Wildman–Crippen MR) is 74.3 cm³/mol. The summed E-state index contributed by atoms with van der Waals surface area (Å²) in [7, 11) is 0. The number of imidazole rings is 1. The average molecular weight is 252 g/mol. The molecule has 5 nitrogen and oxygen atoms in total. The van der Waals surface area contributed by atoms with Crippen molar-refractivity contribution in [1.29, 1.82) is 0 Å². The topological polar surface area (TPSA) is 83.8 Å². The van der Waals surface area contributed by atoms with Crippen LogP contribution in [0.25, 0.3) is 11.0 Å². The maximum absolute atomic E-state index is 11.1. The summed E-state index contributed by atoms with van der Waals surface area (Å²) in [4.78, 5) is 18.6. The van der Waals surface area contributed by atoms with Crippen LogP contribution >= 0.6 is 0 Å². The molecule has 3 aromatic rings. The maximum Gasteiger partial charge on any atom is 0.248 e. The number of hydrogen-bond acceptors (Lipinski definition) is 3. The van der Waals surface area contributed by atoms with Gasteiger partial charge in [0.15, 0.2) is 0 Å². The number of aromatic amines is 1. The fraction of sp³-hybridized carbons (Fsp3) is 0. The number of primary amides is 1. The zero-order valence-corrected chi connectivity index (χ0v) is 10.1. The minimum Gasteiger partial charge on any atom is -0.366 e. The smallest absolute Gasteiger partial charge is 0.248 e. The summed E-state index contributed by atoms with van der Waals surface area (Å²) in [5.41, 5.74) is 8.20. The van der Waals surface area contributed by atoms with Crippen molar-refractivity contribution < 1.29 is 4.79 Å². The number of aromatic nitrogens is 2. The van der Waals surface area contributed by atoms with Crippen LogP contribution in [0.5, 0.6) is 0 Å². The summed E-state index contributed by atoms with van der Waals surface area (Å²) in [6.07, 6.45) is 0. The zero-order chi connectivity index (χ0) is 13.2. The molecule has 0 aliphatic rings. The Labute approximate surface area is 109 Å². The van der Waals surface area contributed by atoms with Gasteiger partial charge in [0.2, 0.25) is 11.9 Å². The Balaban J connectivity index is 1.95. The van der Waals surface area contributed by atoms with Gasteiger partial charge in [-0.05, 0) is 30.3 Å². The van der Waals surface area contributed by atoms with Gasteiger partial charge in [0.1, 0.15) is 0 Å². The Bertz CT molecular complexity index is 734. The van der Waals surface area contributed by atoms with E-state index in [2.05, 4.69) is 15.3 Å². The van der Waals surface area contributed by atoms with Crippen LogP contribution in [0.4, 0.5) is 11.6 Å². The van der Waals surface area contributed by atoms with Crippen LogP contribution in [-0.4, -0.2) is 15.9 Å². The lowest BCUT2D eigenvalue weighted by molar-refractivity contribution is 0.100. The van der Waals surface area contributed by atoms with Gasteiger partial charge in [-0.15, -0.1) is 0 Å². The first kappa shape index (κ1) is 11.3. The largest absolute Gasteiger partial charge is 0.366 e. The van der Waals surface area contributed by atoms with Crippen LogP contribution in [0.2, 0.25) is 0 Å². The lowest BCUT2D eigenvalue weighted by Gasteiger charge is -2.00. The van der Waals surface area contributed by atoms with E-state index in [-0.39, 0.29) is 0 Å². The van der Waals surface area contributed by atoms with Gasteiger partial charge < -0.3 is 16.0 Å². The van der Waals surface area contributed by atoms with Crippen LogP contribution in [-0.2, 0) is 0 Å². The Morgan fingerprint density at radius 2 is 1.95 bits per heavy atom. The number of nitrogens with zero attached hydrogens (tertiary/aromatic N) is 1. The molecule has 1 aromatic heterocycles. The number of benzene rings is 2. The van der Waals surface area contributed by atoms with Crippen molar-refractivity contribution in [3.63, 3.8) is 0 Å². The van der Waals surface area contributed by atoms with Gasteiger partial charge in [0.25, 0.3) is 0 Å². The van der Waals surface area contributed by atoms with Crippen LogP contribution in [0, 0.1) is 0 Å². The van der Waals surface area contributed by atoms with E-state index < -0.39 is 5.91 Å². The molecule has 94 valence electrons. The second kappa shape index (κ2) is 4.45. The molecular formula is C14H12N4O. The molecule has 1 heterocycles. The van der Waals surface area contributed by atoms with E-state index in [0.29, 0.717) is 11.5 Å². The molecule has 0 aliphatic carbocycles. The molecule has 0 radical (unpaired) electrons. The summed E-state index contributed by atoms with van der Waals surface area (Å²) in [5, 5.41) is 3.16. The Kier molecular flexibility index (Phi) is 2.64. The van der Waals surface area contributed by atoms with Crippen LogP contribution in [0.15, 0.2) is 48.5 Å². The lowest BCUT2D eigenvalue weighted by Crippen LogP contribution is -2.10. The second-order valence-corrected chi connectivity index (χ2v) is 4.17. The Morgan fingerprint density at radius 1 is 1.16 bits per heavy atom. The number of amides is 1. The number of H-pyrrole nitrogens is 1. The van der Waals surface area contributed by atoms with Crippen molar-refractivity contribution >= 4 is 28.6 Å². The van der Waals surface area contributed by atoms with E-state index in [1.54, 1.807) is 18.2 Å². The number of rotatable bonds is 3. The third-order valence-corrected chi connectivity index (χ3v) is 2.80. The first-order valence-corrected chi connectivity index (χ1v) is 5.84. The van der Waals surface area contributed by atoms with Gasteiger partial charge in [-0.2, -0.15) is 0 Å². The zero-order valence-electron chi connectivity index (χ0n) is 10.1. The number of carbonyl (C=O) groups is 1.